The summed E-state index contributed by atoms with van der Waals surface area (Å²) in [4.78, 5) is 10.5. The first-order chi connectivity index (χ1) is 10.1. The smallest absolute Gasteiger partial charge is 0.303 e. The van der Waals surface area contributed by atoms with Gasteiger partial charge in [-0.05, 0) is 62.9 Å². The summed E-state index contributed by atoms with van der Waals surface area (Å²) in [6, 6.07) is 8.07. The third-order valence-electron chi connectivity index (χ3n) is 3.42. The summed E-state index contributed by atoms with van der Waals surface area (Å²) in [5.41, 5.74) is 1.21. The van der Waals surface area contributed by atoms with E-state index in [1.165, 1.54) is 5.56 Å². The fourth-order valence-electron chi connectivity index (χ4n) is 2.08. The summed E-state index contributed by atoms with van der Waals surface area (Å²) < 4.78 is 5.67. The van der Waals surface area contributed by atoms with Crippen molar-refractivity contribution in [1.82, 2.24) is 5.32 Å². The van der Waals surface area contributed by atoms with Crippen LogP contribution in [0.1, 0.15) is 38.2 Å². The van der Waals surface area contributed by atoms with Crippen LogP contribution in [-0.2, 0) is 4.79 Å². The Labute approximate surface area is 127 Å². The molecule has 1 atom stereocenters. The summed E-state index contributed by atoms with van der Waals surface area (Å²) in [5, 5.41) is 12.0. The number of aliphatic carboxylic acids is 1. The van der Waals surface area contributed by atoms with Crippen LogP contribution >= 0.6 is 0 Å². The zero-order valence-corrected chi connectivity index (χ0v) is 13.1. The van der Waals surface area contributed by atoms with Crippen LogP contribution in [0.4, 0.5) is 0 Å². The Bertz CT molecular complexity index is 420. The molecule has 0 bridgehead atoms. The lowest BCUT2D eigenvalue weighted by molar-refractivity contribution is -0.137. The van der Waals surface area contributed by atoms with E-state index in [4.69, 9.17) is 9.84 Å². The number of hydrogen-bond donors (Lipinski definition) is 2. The molecule has 0 saturated carbocycles. The molecular formula is C17H27NO3. The highest BCUT2D eigenvalue weighted by Gasteiger charge is 2.04. The van der Waals surface area contributed by atoms with Gasteiger partial charge in [0.2, 0.25) is 0 Å². The molecule has 21 heavy (non-hydrogen) atoms. The largest absolute Gasteiger partial charge is 0.494 e. The quantitative estimate of drug-likeness (QED) is 0.615. The number of carboxylic acid groups (broad SMARTS) is 1. The Morgan fingerprint density at radius 1 is 1.33 bits per heavy atom. The predicted octanol–water partition coefficient (Wildman–Crippen LogP) is 3.24. The monoisotopic (exact) mass is 293 g/mol. The second kappa shape index (κ2) is 10.2. The predicted molar refractivity (Wildman–Crippen MR) is 84.8 cm³/mol. The molecule has 0 amide bonds. The maximum atomic E-state index is 10.5. The fourth-order valence-corrected chi connectivity index (χ4v) is 2.08. The minimum absolute atomic E-state index is 0.269. The van der Waals surface area contributed by atoms with Gasteiger partial charge >= 0.3 is 5.97 Å². The average Bonchev–Trinajstić information content (AvgIpc) is 2.44. The number of hydrogen-bond acceptors (Lipinski definition) is 3. The molecule has 0 aliphatic heterocycles. The van der Waals surface area contributed by atoms with Crippen LogP contribution in [0.5, 0.6) is 5.75 Å². The van der Waals surface area contributed by atoms with Gasteiger partial charge in [-0.15, -0.1) is 0 Å². The highest BCUT2D eigenvalue weighted by molar-refractivity contribution is 5.66. The normalized spacial score (nSPS) is 12.1. The van der Waals surface area contributed by atoms with E-state index in [0.29, 0.717) is 12.5 Å². The van der Waals surface area contributed by atoms with Gasteiger partial charge in [0.05, 0.1) is 6.61 Å². The van der Waals surface area contributed by atoms with Gasteiger partial charge < -0.3 is 15.2 Å². The minimum Gasteiger partial charge on any atom is -0.494 e. The number of ether oxygens (including phenoxy) is 1. The maximum Gasteiger partial charge on any atom is 0.303 e. The van der Waals surface area contributed by atoms with Crippen molar-refractivity contribution in [3.63, 3.8) is 0 Å². The number of aryl methyl sites for hydroxylation is 1. The Morgan fingerprint density at radius 2 is 2.14 bits per heavy atom. The molecule has 0 heterocycles. The molecule has 0 aliphatic carbocycles. The summed E-state index contributed by atoms with van der Waals surface area (Å²) in [6.07, 6.45) is 3.02. The molecule has 0 fully saturated rings. The average molecular weight is 293 g/mol. The van der Waals surface area contributed by atoms with Gasteiger partial charge in [-0.25, -0.2) is 0 Å². The first kappa shape index (κ1) is 17.5. The second-order valence-electron chi connectivity index (χ2n) is 5.59. The number of nitrogens with one attached hydrogen (secondary N) is 1. The van der Waals surface area contributed by atoms with Crippen LogP contribution in [-0.4, -0.2) is 30.8 Å². The number of carbonyl (C=O) groups is 1. The van der Waals surface area contributed by atoms with E-state index < -0.39 is 5.97 Å². The molecule has 1 aromatic carbocycles. The lowest BCUT2D eigenvalue weighted by Gasteiger charge is -2.11. The van der Waals surface area contributed by atoms with E-state index in [0.717, 1.165) is 38.1 Å². The van der Waals surface area contributed by atoms with Gasteiger partial charge in [0, 0.05) is 6.42 Å². The highest BCUT2D eigenvalue weighted by atomic mass is 16.5. The number of rotatable bonds is 11. The maximum absolute atomic E-state index is 10.5. The molecule has 118 valence electrons. The molecule has 2 N–H and O–H groups in total. The first-order valence-corrected chi connectivity index (χ1v) is 7.70. The minimum atomic E-state index is -0.705. The zero-order chi connectivity index (χ0) is 15.5. The van der Waals surface area contributed by atoms with Crippen LogP contribution in [0.3, 0.4) is 0 Å². The van der Waals surface area contributed by atoms with Crippen LogP contribution in [0.15, 0.2) is 24.3 Å². The van der Waals surface area contributed by atoms with Gasteiger partial charge in [0.1, 0.15) is 5.75 Å². The molecular weight excluding hydrogens is 266 g/mol. The van der Waals surface area contributed by atoms with Crippen molar-refractivity contribution >= 4 is 5.97 Å². The van der Waals surface area contributed by atoms with Crippen LogP contribution < -0.4 is 10.1 Å². The molecule has 0 radical (unpaired) electrons. The lowest BCUT2D eigenvalue weighted by Crippen LogP contribution is -2.20. The van der Waals surface area contributed by atoms with Crippen molar-refractivity contribution in [2.24, 2.45) is 5.92 Å². The van der Waals surface area contributed by atoms with Gasteiger partial charge in [-0.3, -0.25) is 4.79 Å². The molecule has 0 spiro atoms. The van der Waals surface area contributed by atoms with E-state index in [-0.39, 0.29) is 6.42 Å². The highest BCUT2D eigenvalue weighted by Crippen LogP contribution is 2.12. The molecule has 4 heteroatoms. The molecule has 1 unspecified atom stereocenters. The van der Waals surface area contributed by atoms with Gasteiger partial charge in [0.25, 0.3) is 0 Å². The molecule has 0 aromatic heterocycles. The van der Waals surface area contributed by atoms with Crippen LogP contribution in [0, 0.1) is 12.8 Å². The lowest BCUT2D eigenvalue weighted by atomic mass is 10.0. The molecule has 0 saturated heterocycles. The summed E-state index contributed by atoms with van der Waals surface area (Å²) in [7, 11) is 0. The van der Waals surface area contributed by atoms with Crippen LogP contribution in [0.2, 0.25) is 0 Å². The van der Waals surface area contributed by atoms with Crippen molar-refractivity contribution in [1.29, 1.82) is 0 Å². The van der Waals surface area contributed by atoms with E-state index in [2.05, 4.69) is 25.2 Å². The van der Waals surface area contributed by atoms with E-state index >= 15 is 0 Å². The van der Waals surface area contributed by atoms with Crippen LogP contribution in [0.25, 0.3) is 0 Å². The van der Waals surface area contributed by atoms with E-state index in [1.54, 1.807) is 0 Å². The first-order valence-electron chi connectivity index (χ1n) is 7.70. The SMILES string of the molecule is Cc1cccc(OCCCNCCC(C)CCC(=O)O)c1. The van der Waals surface area contributed by atoms with Gasteiger partial charge in [-0.2, -0.15) is 0 Å². The van der Waals surface area contributed by atoms with Crippen molar-refractivity contribution in [2.75, 3.05) is 19.7 Å². The summed E-state index contributed by atoms with van der Waals surface area (Å²) in [6.45, 7) is 6.74. The third-order valence-corrected chi connectivity index (χ3v) is 3.42. The van der Waals surface area contributed by atoms with Crippen molar-refractivity contribution in [3.8, 4) is 5.75 Å². The van der Waals surface area contributed by atoms with E-state index in [9.17, 15) is 4.79 Å². The summed E-state index contributed by atoms with van der Waals surface area (Å²) >= 11 is 0. The molecule has 1 aromatic rings. The Morgan fingerprint density at radius 3 is 2.86 bits per heavy atom. The zero-order valence-electron chi connectivity index (χ0n) is 13.1. The standard InChI is InChI=1S/C17H27NO3/c1-14(7-8-17(19)20)9-11-18-10-4-12-21-16-6-3-5-15(2)13-16/h3,5-6,13-14,18H,4,7-12H2,1-2H3,(H,19,20). The Kier molecular flexibility index (Phi) is 8.51. The second-order valence-corrected chi connectivity index (χ2v) is 5.59. The third kappa shape index (κ3) is 9.08. The molecule has 1 rings (SSSR count). The molecule has 0 aliphatic rings. The van der Waals surface area contributed by atoms with Gasteiger partial charge in [0.15, 0.2) is 0 Å². The summed E-state index contributed by atoms with van der Waals surface area (Å²) in [5.74, 6) is 0.678. The Balaban J connectivity index is 1.96. The topological polar surface area (TPSA) is 58.6 Å². The van der Waals surface area contributed by atoms with Crippen molar-refractivity contribution < 1.29 is 14.6 Å². The van der Waals surface area contributed by atoms with Crippen molar-refractivity contribution in [2.45, 2.75) is 39.5 Å². The van der Waals surface area contributed by atoms with E-state index in [1.807, 2.05) is 18.2 Å². The number of carboxylic acids is 1. The molecule has 4 nitrogen and oxygen atoms in total. The van der Waals surface area contributed by atoms with Crippen molar-refractivity contribution in [3.05, 3.63) is 29.8 Å². The number of benzene rings is 1. The van der Waals surface area contributed by atoms with Gasteiger partial charge in [-0.1, -0.05) is 19.1 Å². The Hall–Kier alpha value is -1.55. The fraction of sp³-hybridized carbons (Fsp3) is 0.588.